The van der Waals surface area contributed by atoms with Crippen molar-refractivity contribution in [2.24, 2.45) is 5.92 Å². The number of anilines is 3. The molecule has 16 heteroatoms. The van der Waals surface area contributed by atoms with Crippen LogP contribution in [0.5, 0.6) is 17.2 Å². The summed E-state index contributed by atoms with van der Waals surface area (Å²) in [6, 6.07) is 12.0. The Kier molecular flexibility index (Phi) is 13.1. The van der Waals surface area contributed by atoms with E-state index in [2.05, 4.69) is 16.0 Å². The molecule has 54 heavy (non-hydrogen) atoms. The van der Waals surface area contributed by atoms with Crippen molar-refractivity contribution in [1.29, 1.82) is 0 Å². The molecule has 5 amide bonds. The molecule has 13 nitrogen and oxygen atoms in total. The third-order valence-electron chi connectivity index (χ3n) is 9.20. The number of halogens is 3. The highest BCUT2D eigenvalue weighted by Gasteiger charge is 2.32. The molecule has 0 bridgehead atoms. The van der Waals surface area contributed by atoms with E-state index in [0.29, 0.717) is 30.2 Å². The monoisotopic (exact) mass is 757 g/mol. The minimum Gasteiger partial charge on any atom is -0.490 e. The molecule has 4 atom stereocenters. The molecule has 292 valence electrons. The lowest BCUT2D eigenvalue weighted by Gasteiger charge is -2.35. The van der Waals surface area contributed by atoms with Crippen LogP contribution in [0.4, 0.5) is 39.8 Å². The number of fused-ring (bicyclic) bond motifs is 2. The van der Waals surface area contributed by atoms with Crippen LogP contribution in [0.3, 0.4) is 0 Å². The van der Waals surface area contributed by atoms with E-state index in [1.807, 2.05) is 13.8 Å². The number of amides is 5. The number of nitrogens with one attached hydrogen (secondary N) is 3. The lowest BCUT2D eigenvalue weighted by molar-refractivity contribution is -0.137. The number of hydrogen-bond acceptors (Lipinski definition) is 8. The number of hydrogen-bond donors (Lipinski definition) is 4. The van der Waals surface area contributed by atoms with E-state index in [9.17, 15) is 32.7 Å². The van der Waals surface area contributed by atoms with E-state index in [1.54, 1.807) is 44.3 Å². The number of nitrogens with zero attached hydrogens (tertiary/aromatic N) is 2. The van der Waals surface area contributed by atoms with Crippen LogP contribution in [0.15, 0.2) is 60.7 Å². The molecule has 2 aliphatic rings. The maximum absolute atomic E-state index is 14.4. The van der Waals surface area contributed by atoms with Gasteiger partial charge in [-0.05, 0) is 87.7 Å². The zero-order valence-corrected chi connectivity index (χ0v) is 30.6. The molecular weight excluding hydrogens is 711 g/mol. The van der Waals surface area contributed by atoms with Crippen LogP contribution < -0.4 is 30.2 Å². The second-order valence-corrected chi connectivity index (χ2v) is 13.5. The molecule has 0 fully saturated rings. The fourth-order valence-corrected chi connectivity index (χ4v) is 6.04. The zero-order valence-electron chi connectivity index (χ0n) is 30.6. The van der Waals surface area contributed by atoms with Gasteiger partial charge in [0.25, 0.3) is 5.91 Å². The predicted octanol–water partition coefficient (Wildman–Crippen LogP) is 7.04. The summed E-state index contributed by atoms with van der Waals surface area (Å²) in [6.45, 7) is 6.03. The third-order valence-corrected chi connectivity index (χ3v) is 9.20. The Morgan fingerprint density at radius 2 is 1.57 bits per heavy atom. The molecule has 3 aromatic rings. The van der Waals surface area contributed by atoms with E-state index in [4.69, 9.17) is 18.9 Å². The molecule has 5 rings (SSSR count). The maximum atomic E-state index is 14.4. The standard InChI is InChI=1S/C38H46F3N5O8/c1-23-19-46(24(2)21-47)35(48)30-17-28(43-36(49)42-27-10-8-26(9-11-27)38(39,40)41)12-14-31(30)54-25(3)7-5-6-16-51-34(23)20-45(4)37(50)44-29-13-15-32-33(18-29)53-22-52-32/h8-15,17-18,23-25,34,47H,5-7,16,19-22H2,1-4H3,(H,44,50)(H2,42,43,49)/t23-,24-,25-,34+/m1/s1. The average Bonchev–Trinajstić information content (AvgIpc) is 3.60. The normalized spacial score (nSPS) is 19.8. The molecule has 0 saturated carbocycles. The number of alkyl halides is 3. The maximum Gasteiger partial charge on any atom is 0.416 e. The van der Waals surface area contributed by atoms with Gasteiger partial charge in [0, 0.05) is 55.8 Å². The minimum atomic E-state index is -4.52. The van der Waals surface area contributed by atoms with Crippen molar-refractivity contribution >= 4 is 35.0 Å². The molecule has 0 spiro atoms. The molecule has 2 aliphatic heterocycles. The summed E-state index contributed by atoms with van der Waals surface area (Å²) in [5.41, 5.74) is 0.181. The number of rotatable bonds is 7. The lowest BCUT2D eigenvalue weighted by Crippen LogP contribution is -2.48. The van der Waals surface area contributed by atoms with Gasteiger partial charge in [0.05, 0.1) is 36.0 Å². The first-order valence-corrected chi connectivity index (χ1v) is 17.7. The fraction of sp³-hybridized carbons (Fsp3) is 0.447. The molecule has 0 aromatic heterocycles. The highest BCUT2D eigenvalue weighted by molar-refractivity contribution is 6.02. The van der Waals surface area contributed by atoms with Gasteiger partial charge in [-0.15, -0.1) is 0 Å². The highest BCUT2D eigenvalue weighted by Crippen LogP contribution is 2.35. The molecule has 0 radical (unpaired) electrons. The Balaban J connectivity index is 1.34. The van der Waals surface area contributed by atoms with Crippen molar-refractivity contribution in [3.05, 3.63) is 71.8 Å². The SMILES string of the molecule is C[C@@H]1CCCCO[C@@H](CN(C)C(=O)Nc2ccc3c(c2)OCO3)[C@H](C)CN([C@H](C)CO)C(=O)c2cc(NC(=O)Nc3ccc(C(F)(F)F)cc3)ccc2O1. The van der Waals surface area contributed by atoms with Gasteiger partial charge in [-0.3, -0.25) is 4.79 Å². The zero-order chi connectivity index (χ0) is 39.0. The quantitative estimate of drug-likeness (QED) is 0.201. The van der Waals surface area contributed by atoms with Crippen LogP contribution in [-0.2, 0) is 10.9 Å². The van der Waals surface area contributed by atoms with Gasteiger partial charge < -0.3 is 49.8 Å². The van der Waals surface area contributed by atoms with Crippen LogP contribution in [0.25, 0.3) is 0 Å². The second-order valence-electron chi connectivity index (χ2n) is 13.5. The molecular formula is C38H46F3N5O8. The van der Waals surface area contributed by atoms with Gasteiger partial charge in [-0.1, -0.05) is 6.92 Å². The van der Waals surface area contributed by atoms with E-state index in [0.717, 1.165) is 37.1 Å². The molecule has 0 saturated heterocycles. The van der Waals surface area contributed by atoms with Crippen LogP contribution in [-0.4, -0.2) is 91.3 Å². The van der Waals surface area contributed by atoms with Gasteiger partial charge in [0.1, 0.15) is 5.75 Å². The van der Waals surface area contributed by atoms with E-state index in [1.165, 1.54) is 15.9 Å². The van der Waals surface area contributed by atoms with Gasteiger partial charge in [-0.25, -0.2) is 9.59 Å². The first-order valence-electron chi connectivity index (χ1n) is 17.7. The first-order chi connectivity index (χ1) is 25.7. The summed E-state index contributed by atoms with van der Waals surface area (Å²) in [5, 5.41) is 18.2. The molecule has 0 aliphatic carbocycles. The van der Waals surface area contributed by atoms with Crippen molar-refractivity contribution in [3.63, 3.8) is 0 Å². The first kappa shape index (κ1) is 40.0. The topological polar surface area (TPSA) is 151 Å². The predicted molar refractivity (Wildman–Crippen MR) is 195 cm³/mol. The summed E-state index contributed by atoms with van der Waals surface area (Å²) in [5.74, 6) is 0.631. The summed E-state index contributed by atoms with van der Waals surface area (Å²) in [6.07, 6.45) is -3.14. The molecule has 2 heterocycles. The largest absolute Gasteiger partial charge is 0.490 e. The Labute approximate surface area is 311 Å². The fourth-order valence-electron chi connectivity index (χ4n) is 6.04. The Bertz CT molecular complexity index is 1780. The van der Waals surface area contributed by atoms with Gasteiger partial charge in [-0.2, -0.15) is 13.2 Å². The second kappa shape index (κ2) is 17.7. The van der Waals surface area contributed by atoms with Gasteiger partial charge in [0.2, 0.25) is 6.79 Å². The summed E-state index contributed by atoms with van der Waals surface area (Å²) in [7, 11) is 1.65. The Morgan fingerprint density at radius 3 is 2.28 bits per heavy atom. The van der Waals surface area contributed by atoms with Gasteiger partial charge in [0.15, 0.2) is 11.5 Å². The van der Waals surface area contributed by atoms with E-state index in [-0.39, 0.29) is 67.2 Å². The van der Waals surface area contributed by atoms with Gasteiger partial charge >= 0.3 is 18.2 Å². The van der Waals surface area contributed by atoms with E-state index < -0.39 is 35.8 Å². The molecule has 0 unspecified atom stereocenters. The number of aliphatic hydroxyl groups is 1. The van der Waals surface area contributed by atoms with Crippen LogP contribution in [0.2, 0.25) is 0 Å². The summed E-state index contributed by atoms with van der Waals surface area (Å²) < 4.78 is 62.3. The van der Waals surface area contributed by atoms with Crippen molar-refractivity contribution in [3.8, 4) is 17.2 Å². The van der Waals surface area contributed by atoms with Crippen LogP contribution in [0.1, 0.15) is 56.0 Å². The lowest BCUT2D eigenvalue weighted by atomic mass is 10.0. The van der Waals surface area contributed by atoms with Crippen molar-refractivity contribution in [2.45, 2.75) is 64.5 Å². The number of carbonyl (C=O) groups excluding carboxylic acids is 3. The minimum absolute atomic E-state index is 0.110. The van der Waals surface area contributed by atoms with E-state index >= 15 is 0 Å². The number of urea groups is 2. The number of likely N-dealkylation sites (N-methyl/N-ethyl adjacent to an activating group) is 1. The van der Waals surface area contributed by atoms with Crippen LogP contribution >= 0.6 is 0 Å². The van der Waals surface area contributed by atoms with Crippen molar-refractivity contribution in [2.75, 3.05) is 56.1 Å². The summed E-state index contributed by atoms with van der Waals surface area (Å²) in [4.78, 5) is 43.5. The molecule has 4 N–H and O–H groups in total. The number of ether oxygens (including phenoxy) is 4. The van der Waals surface area contributed by atoms with Crippen molar-refractivity contribution in [1.82, 2.24) is 9.80 Å². The number of carbonyl (C=O) groups is 3. The Morgan fingerprint density at radius 1 is 0.926 bits per heavy atom. The Hall–Kier alpha value is -5.22. The highest BCUT2D eigenvalue weighted by atomic mass is 19.4. The average molecular weight is 758 g/mol. The van der Waals surface area contributed by atoms with Crippen LogP contribution in [0, 0.1) is 5.92 Å². The number of aliphatic hydroxyl groups excluding tert-OH is 1. The molecule has 3 aromatic carbocycles. The smallest absolute Gasteiger partial charge is 0.416 e. The third kappa shape index (κ3) is 10.5. The summed E-state index contributed by atoms with van der Waals surface area (Å²) >= 11 is 0. The van der Waals surface area contributed by atoms with Crippen molar-refractivity contribution < 1.29 is 51.6 Å². The number of benzene rings is 3.